The van der Waals surface area contributed by atoms with Gasteiger partial charge in [0.25, 0.3) is 0 Å². The maximum atomic E-state index is 3.53. The third-order valence-corrected chi connectivity index (χ3v) is 4.49. The highest BCUT2D eigenvalue weighted by atomic mass is 28.3. The van der Waals surface area contributed by atoms with Crippen molar-refractivity contribution in [1.29, 1.82) is 0 Å². The zero-order valence-electron chi connectivity index (χ0n) is 12.9. The fraction of sp³-hybridized carbons (Fsp3) is 0.263. The van der Waals surface area contributed by atoms with E-state index in [9.17, 15) is 0 Å². The molecule has 2 heteroatoms. The van der Waals surface area contributed by atoms with Crippen molar-refractivity contribution >= 4 is 13.8 Å². The molecule has 1 heterocycles. The van der Waals surface area contributed by atoms with Crippen LogP contribution in [0, 0.1) is 11.5 Å². The monoisotopic (exact) mass is 291 g/mol. The van der Waals surface area contributed by atoms with Crippen LogP contribution in [0.5, 0.6) is 0 Å². The van der Waals surface area contributed by atoms with Crippen molar-refractivity contribution in [1.82, 2.24) is 0 Å². The summed E-state index contributed by atoms with van der Waals surface area (Å²) in [5.74, 6) is 3.53. The van der Waals surface area contributed by atoms with Crippen molar-refractivity contribution < 1.29 is 0 Å². The standard InChI is InChI=1S/C19H21NSi/c1-21(2,3)15-14-18-19(16-10-6-4-7-11-16)20(18)17-12-8-5-9-13-17/h4-13,18-19H,1-3H3/t18-,19+,20?/m0/s1. The summed E-state index contributed by atoms with van der Waals surface area (Å²) in [5.41, 5.74) is 6.15. The SMILES string of the molecule is C[Si](C)(C)C#C[C@H]1[C@@H](c2ccccc2)N1c1ccccc1. The first kappa shape index (κ1) is 14.0. The molecule has 0 N–H and O–H groups in total. The Morgan fingerprint density at radius 2 is 1.43 bits per heavy atom. The summed E-state index contributed by atoms with van der Waals surface area (Å²) in [6, 6.07) is 22.0. The Morgan fingerprint density at radius 1 is 0.857 bits per heavy atom. The molecule has 0 aromatic heterocycles. The van der Waals surface area contributed by atoms with E-state index in [4.69, 9.17) is 0 Å². The van der Waals surface area contributed by atoms with Crippen LogP contribution in [0.1, 0.15) is 11.6 Å². The molecule has 2 atom stereocenters. The molecule has 1 fully saturated rings. The predicted molar refractivity (Wildman–Crippen MR) is 93.0 cm³/mol. The van der Waals surface area contributed by atoms with Crippen LogP contribution in [-0.2, 0) is 0 Å². The molecule has 0 amide bonds. The normalized spacial score (nSPS) is 20.6. The van der Waals surface area contributed by atoms with E-state index in [1.165, 1.54) is 11.3 Å². The Balaban J connectivity index is 1.91. The van der Waals surface area contributed by atoms with E-state index in [2.05, 4.69) is 96.7 Å². The number of anilines is 1. The molecule has 1 aliphatic rings. The summed E-state index contributed by atoms with van der Waals surface area (Å²) in [4.78, 5) is 2.42. The van der Waals surface area contributed by atoms with Crippen LogP contribution >= 0.6 is 0 Å². The topological polar surface area (TPSA) is 3.01 Å². The Labute approximate surface area is 128 Å². The van der Waals surface area contributed by atoms with Crippen LogP contribution < -0.4 is 4.90 Å². The smallest absolute Gasteiger partial charge is 0.129 e. The molecule has 0 unspecified atom stereocenters. The molecule has 0 saturated carbocycles. The lowest BCUT2D eigenvalue weighted by Gasteiger charge is -2.05. The molecular formula is C19H21NSi. The van der Waals surface area contributed by atoms with Crippen molar-refractivity contribution in [2.24, 2.45) is 0 Å². The molecule has 1 nitrogen and oxygen atoms in total. The van der Waals surface area contributed by atoms with E-state index in [1.807, 2.05) is 0 Å². The van der Waals surface area contributed by atoms with E-state index in [0.29, 0.717) is 12.1 Å². The Kier molecular flexibility index (Phi) is 3.61. The van der Waals surface area contributed by atoms with Crippen molar-refractivity contribution in [3.8, 4) is 11.5 Å². The molecule has 106 valence electrons. The van der Waals surface area contributed by atoms with Gasteiger partial charge < -0.3 is 4.90 Å². The molecule has 0 bridgehead atoms. The van der Waals surface area contributed by atoms with Crippen LogP contribution in [0.2, 0.25) is 19.6 Å². The predicted octanol–water partition coefficient (Wildman–Crippen LogP) is 4.50. The van der Waals surface area contributed by atoms with Gasteiger partial charge in [-0.15, -0.1) is 5.54 Å². The average molecular weight is 291 g/mol. The van der Waals surface area contributed by atoms with E-state index in [0.717, 1.165) is 0 Å². The summed E-state index contributed by atoms with van der Waals surface area (Å²) >= 11 is 0. The summed E-state index contributed by atoms with van der Waals surface area (Å²) in [6.07, 6.45) is 0. The van der Waals surface area contributed by atoms with Gasteiger partial charge in [0.2, 0.25) is 0 Å². The van der Waals surface area contributed by atoms with E-state index < -0.39 is 8.07 Å². The van der Waals surface area contributed by atoms with Crippen LogP contribution in [0.4, 0.5) is 5.69 Å². The van der Waals surface area contributed by atoms with Gasteiger partial charge in [-0.1, -0.05) is 74.1 Å². The fourth-order valence-corrected chi connectivity index (χ4v) is 3.17. The molecule has 1 saturated heterocycles. The van der Waals surface area contributed by atoms with Gasteiger partial charge in [-0.3, -0.25) is 0 Å². The molecule has 2 aromatic rings. The second-order valence-electron chi connectivity index (χ2n) is 6.56. The van der Waals surface area contributed by atoms with Gasteiger partial charge in [-0.25, -0.2) is 0 Å². The lowest BCUT2D eigenvalue weighted by atomic mass is 10.1. The van der Waals surface area contributed by atoms with Gasteiger partial charge in [0.05, 0.1) is 6.04 Å². The van der Waals surface area contributed by atoms with Crippen LogP contribution in [0.3, 0.4) is 0 Å². The van der Waals surface area contributed by atoms with Crippen molar-refractivity contribution in [3.63, 3.8) is 0 Å². The van der Waals surface area contributed by atoms with Gasteiger partial charge in [-0.2, -0.15) is 0 Å². The summed E-state index contributed by atoms with van der Waals surface area (Å²) in [7, 11) is -1.33. The average Bonchev–Trinajstić information content (AvgIpc) is 3.21. The molecule has 2 aromatic carbocycles. The summed E-state index contributed by atoms with van der Waals surface area (Å²) < 4.78 is 0. The second kappa shape index (κ2) is 5.42. The minimum atomic E-state index is -1.33. The number of rotatable bonds is 2. The van der Waals surface area contributed by atoms with Gasteiger partial charge in [0.1, 0.15) is 14.1 Å². The quantitative estimate of drug-likeness (QED) is 0.447. The van der Waals surface area contributed by atoms with Crippen LogP contribution in [0.25, 0.3) is 0 Å². The molecule has 0 spiro atoms. The number of nitrogens with zero attached hydrogens (tertiary/aromatic N) is 1. The first-order valence-electron chi connectivity index (χ1n) is 7.47. The minimum Gasteiger partial charge on any atom is -0.345 e. The number of hydrogen-bond donors (Lipinski definition) is 0. The van der Waals surface area contributed by atoms with Crippen LogP contribution in [-0.4, -0.2) is 14.1 Å². The zero-order valence-corrected chi connectivity index (χ0v) is 13.9. The molecule has 0 radical (unpaired) electrons. The van der Waals surface area contributed by atoms with Gasteiger partial charge in [0, 0.05) is 5.69 Å². The number of hydrogen-bond acceptors (Lipinski definition) is 1. The van der Waals surface area contributed by atoms with Crippen molar-refractivity contribution in [2.45, 2.75) is 31.7 Å². The Morgan fingerprint density at radius 3 is 2.00 bits per heavy atom. The highest BCUT2D eigenvalue weighted by molar-refractivity contribution is 6.83. The Hall–Kier alpha value is -1.98. The summed E-state index contributed by atoms with van der Waals surface area (Å²) in [5, 5.41) is 0. The fourth-order valence-electron chi connectivity index (χ4n) is 2.58. The molecule has 1 aliphatic heterocycles. The lowest BCUT2D eigenvalue weighted by molar-refractivity contribution is 1.10. The lowest BCUT2D eigenvalue weighted by Crippen LogP contribution is -2.17. The minimum absolute atomic E-state index is 0.321. The molecular weight excluding hydrogens is 270 g/mol. The Bertz CT molecular complexity index is 616. The molecule has 21 heavy (non-hydrogen) atoms. The maximum absolute atomic E-state index is 3.53. The van der Waals surface area contributed by atoms with Gasteiger partial charge in [0.15, 0.2) is 0 Å². The van der Waals surface area contributed by atoms with Crippen molar-refractivity contribution in [2.75, 3.05) is 4.90 Å². The van der Waals surface area contributed by atoms with Gasteiger partial charge >= 0.3 is 0 Å². The second-order valence-corrected chi connectivity index (χ2v) is 11.3. The first-order valence-corrected chi connectivity index (χ1v) is 11.0. The third kappa shape index (κ3) is 3.20. The highest BCUT2D eigenvalue weighted by Crippen LogP contribution is 2.46. The first-order chi connectivity index (χ1) is 10.1. The largest absolute Gasteiger partial charge is 0.345 e. The van der Waals surface area contributed by atoms with E-state index in [-0.39, 0.29) is 0 Å². The highest BCUT2D eigenvalue weighted by Gasteiger charge is 2.47. The van der Waals surface area contributed by atoms with Crippen LogP contribution in [0.15, 0.2) is 60.7 Å². The van der Waals surface area contributed by atoms with Crippen molar-refractivity contribution in [3.05, 3.63) is 66.2 Å². The molecule has 0 aliphatic carbocycles. The maximum Gasteiger partial charge on any atom is 0.129 e. The zero-order chi connectivity index (χ0) is 14.9. The third-order valence-electron chi connectivity index (χ3n) is 3.60. The van der Waals surface area contributed by atoms with E-state index in [1.54, 1.807) is 0 Å². The number of benzene rings is 2. The van der Waals surface area contributed by atoms with E-state index >= 15 is 0 Å². The van der Waals surface area contributed by atoms with Gasteiger partial charge in [-0.05, 0) is 17.7 Å². The summed E-state index contributed by atoms with van der Waals surface area (Å²) in [6.45, 7) is 6.90. The molecule has 3 rings (SSSR count). The number of para-hydroxylation sites is 1.